The Hall–Kier alpha value is -3.52. The monoisotopic (exact) mass is 425 g/mol. The minimum Gasteiger partial charge on any atom is -0.389 e. The van der Waals surface area contributed by atoms with Crippen LogP contribution in [0.3, 0.4) is 0 Å². The van der Waals surface area contributed by atoms with Crippen molar-refractivity contribution in [3.8, 4) is 22.5 Å². The summed E-state index contributed by atoms with van der Waals surface area (Å²) in [5, 5.41) is 14.8. The van der Waals surface area contributed by atoms with E-state index in [1.807, 2.05) is 6.07 Å². The molecule has 2 aromatic carbocycles. The number of aliphatic hydroxyl groups excluding tert-OH is 1. The second-order valence-corrected chi connectivity index (χ2v) is 7.45. The Morgan fingerprint density at radius 1 is 1.03 bits per heavy atom. The Morgan fingerprint density at radius 2 is 1.65 bits per heavy atom. The van der Waals surface area contributed by atoms with Crippen molar-refractivity contribution in [3.63, 3.8) is 0 Å². The molecule has 8 heteroatoms. The Balaban J connectivity index is 1.56. The molecule has 0 unspecified atom stereocenters. The van der Waals surface area contributed by atoms with Crippen molar-refractivity contribution in [1.82, 2.24) is 15.6 Å². The van der Waals surface area contributed by atoms with Gasteiger partial charge in [0.2, 0.25) is 11.8 Å². The lowest BCUT2D eigenvalue weighted by molar-refractivity contribution is -0.128. The fourth-order valence-electron chi connectivity index (χ4n) is 3.62. The molecule has 3 aromatic rings. The van der Waals surface area contributed by atoms with Gasteiger partial charge in [-0.05, 0) is 77.7 Å². The van der Waals surface area contributed by atoms with Crippen LogP contribution in [0.1, 0.15) is 12.0 Å². The molecule has 1 saturated heterocycles. The quantitative estimate of drug-likeness (QED) is 0.489. The van der Waals surface area contributed by atoms with Gasteiger partial charge in [-0.2, -0.15) is 0 Å². The van der Waals surface area contributed by atoms with Gasteiger partial charge in [0.15, 0.2) is 0 Å². The largest absolute Gasteiger partial charge is 0.389 e. The van der Waals surface area contributed by atoms with Crippen molar-refractivity contribution in [3.05, 3.63) is 71.8 Å². The van der Waals surface area contributed by atoms with Crippen LogP contribution in [0.2, 0.25) is 0 Å². The topological polar surface area (TPSA) is 94.2 Å². The Bertz CT molecular complexity index is 1090. The highest BCUT2D eigenvalue weighted by molar-refractivity contribution is 5.90. The van der Waals surface area contributed by atoms with Crippen LogP contribution in [0.4, 0.5) is 8.78 Å². The zero-order chi connectivity index (χ0) is 22.0. The summed E-state index contributed by atoms with van der Waals surface area (Å²) in [6.45, 7) is 0.108. The number of halogens is 2. The van der Waals surface area contributed by atoms with Crippen molar-refractivity contribution in [2.45, 2.75) is 25.0 Å². The van der Waals surface area contributed by atoms with Gasteiger partial charge in [0.25, 0.3) is 0 Å². The number of benzene rings is 2. The number of amides is 2. The van der Waals surface area contributed by atoms with E-state index in [2.05, 4.69) is 15.6 Å². The van der Waals surface area contributed by atoms with Crippen molar-refractivity contribution >= 4 is 11.8 Å². The molecule has 31 heavy (non-hydrogen) atoms. The van der Waals surface area contributed by atoms with E-state index in [9.17, 15) is 23.5 Å². The van der Waals surface area contributed by atoms with Crippen LogP contribution in [-0.4, -0.2) is 40.6 Å². The average molecular weight is 425 g/mol. The van der Waals surface area contributed by atoms with Gasteiger partial charge in [0, 0.05) is 24.4 Å². The maximum absolute atomic E-state index is 13.4. The van der Waals surface area contributed by atoms with Crippen molar-refractivity contribution in [2.24, 2.45) is 0 Å². The van der Waals surface area contributed by atoms with Gasteiger partial charge in [-0.1, -0.05) is 0 Å². The van der Waals surface area contributed by atoms with Crippen LogP contribution in [0, 0.1) is 11.6 Å². The van der Waals surface area contributed by atoms with Gasteiger partial charge in [-0.15, -0.1) is 0 Å². The van der Waals surface area contributed by atoms with E-state index in [0.29, 0.717) is 6.42 Å². The van der Waals surface area contributed by atoms with E-state index in [-0.39, 0.29) is 30.5 Å². The lowest BCUT2D eigenvalue weighted by Crippen LogP contribution is -2.45. The van der Waals surface area contributed by atoms with Gasteiger partial charge in [-0.25, -0.2) is 8.78 Å². The minimum absolute atomic E-state index is 0.0887. The molecule has 2 heterocycles. The molecule has 4 N–H and O–H groups in total. The van der Waals surface area contributed by atoms with Crippen LogP contribution in [0.5, 0.6) is 0 Å². The second-order valence-electron chi connectivity index (χ2n) is 7.45. The maximum Gasteiger partial charge on any atom is 0.245 e. The number of hydrogen-bond acceptors (Lipinski definition) is 3. The Labute approximate surface area is 177 Å². The van der Waals surface area contributed by atoms with Gasteiger partial charge < -0.3 is 20.7 Å². The zero-order valence-corrected chi connectivity index (χ0v) is 16.5. The molecule has 0 spiro atoms. The number of hydrogen-bond donors (Lipinski definition) is 4. The summed E-state index contributed by atoms with van der Waals surface area (Å²) < 4.78 is 26.7. The minimum atomic E-state index is -0.955. The average Bonchev–Trinajstić information content (AvgIpc) is 3.32. The van der Waals surface area contributed by atoms with Crippen LogP contribution in [0.15, 0.2) is 54.6 Å². The highest BCUT2D eigenvalue weighted by Gasteiger charge is 2.34. The number of aryl methyl sites for hydroxylation is 1. The SMILES string of the molecule is O=C(CCc1cc(-c2ccc(F)cc2)[nH]c1-c1ccc(F)cc1)N[C@@H]1C(=O)NC[C@H]1O. The first kappa shape index (κ1) is 20.7. The number of aromatic amines is 1. The fraction of sp³-hybridized carbons (Fsp3) is 0.217. The summed E-state index contributed by atoms with van der Waals surface area (Å²) in [6.07, 6.45) is -0.518. The third-order valence-corrected chi connectivity index (χ3v) is 5.28. The Morgan fingerprint density at radius 3 is 2.23 bits per heavy atom. The molecule has 1 aromatic heterocycles. The first-order chi connectivity index (χ1) is 14.9. The molecule has 2 amide bonds. The number of nitrogens with one attached hydrogen (secondary N) is 3. The predicted molar refractivity (Wildman–Crippen MR) is 111 cm³/mol. The number of carbonyl (C=O) groups is 2. The second kappa shape index (κ2) is 8.69. The smallest absolute Gasteiger partial charge is 0.245 e. The molecular weight excluding hydrogens is 404 g/mol. The normalized spacial score (nSPS) is 18.1. The van der Waals surface area contributed by atoms with Gasteiger partial charge in [0.05, 0.1) is 0 Å². The van der Waals surface area contributed by atoms with Crippen LogP contribution in [-0.2, 0) is 16.0 Å². The molecule has 6 nitrogen and oxygen atoms in total. The lowest BCUT2D eigenvalue weighted by atomic mass is 10.0. The van der Waals surface area contributed by atoms with E-state index in [1.54, 1.807) is 24.3 Å². The molecule has 2 atom stereocenters. The molecule has 1 aliphatic rings. The van der Waals surface area contributed by atoms with Crippen molar-refractivity contribution in [2.75, 3.05) is 6.54 Å². The number of carbonyl (C=O) groups excluding carboxylic acids is 2. The van der Waals surface area contributed by atoms with Crippen LogP contribution in [0.25, 0.3) is 22.5 Å². The molecule has 0 aliphatic carbocycles. The third kappa shape index (κ3) is 4.64. The first-order valence-electron chi connectivity index (χ1n) is 9.89. The van der Waals surface area contributed by atoms with Gasteiger partial charge >= 0.3 is 0 Å². The maximum atomic E-state index is 13.4. The van der Waals surface area contributed by atoms with Crippen LogP contribution >= 0.6 is 0 Å². The molecule has 0 bridgehead atoms. The molecular formula is C23H21F2N3O3. The molecule has 4 rings (SSSR count). The molecule has 0 radical (unpaired) electrons. The van der Waals surface area contributed by atoms with E-state index < -0.39 is 18.1 Å². The highest BCUT2D eigenvalue weighted by Crippen LogP contribution is 2.30. The van der Waals surface area contributed by atoms with Gasteiger partial charge in [0.1, 0.15) is 23.8 Å². The number of rotatable bonds is 6. The van der Waals surface area contributed by atoms with Crippen molar-refractivity contribution in [1.29, 1.82) is 0 Å². The first-order valence-corrected chi connectivity index (χ1v) is 9.89. The molecule has 1 fully saturated rings. The third-order valence-electron chi connectivity index (χ3n) is 5.28. The molecule has 0 saturated carbocycles. The number of β-amino-alcohol motifs (C(OH)–C–C–N with tert-alkyl or cyclic N) is 1. The molecule has 160 valence electrons. The van der Waals surface area contributed by atoms with Gasteiger partial charge in [-0.3, -0.25) is 9.59 Å². The summed E-state index contributed by atoms with van der Waals surface area (Å²) in [6, 6.07) is 12.9. The number of aliphatic hydroxyl groups is 1. The summed E-state index contributed by atoms with van der Waals surface area (Å²) in [5.41, 5.74) is 3.80. The predicted octanol–water partition coefficient (Wildman–Crippen LogP) is 2.54. The lowest BCUT2D eigenvalue weighted by Gasteiger charge is -2.13. The van der Waals surface area contributed by atoms with Crippen molar-refractivity contribution < 1.29 is 23.5 Å². The van der Waals surface area contributed by atoms with E-state index >= 15 is 0 Å². The van der Waals surface area contributed by atoms with Crippen LogP contribution < -0.4 is 10.6 Å². The number of aromatic nitrogens is 1. The highest BCUT2D eigenvalue weighted by atomic mass is 19.1. The zero-order valence-electron chi connectivity index (χ0n) is 16.5. The summed E-state index contributed by atoms with van der Waals surface area (Å²) in [5.74, 6) is -1.48. The summed E-state index contributed by atoms with van der Waals surface area (Å²) >= 11 is 0. The molecule has 1 aliphatic heterocycles. The summed E-state index contributed by atoms with van der Waals surface area (Å²) in [7, 11) is 0. The van der Waals surface area contributed by atoms with E-state index in [1.165, 1.54) is 24.3 Å². The standard InChI is InChI=1S/C23H21F2N3O3/c24-16-6-1-13(2-7-16)18-11-15(21(27-18)14-3-8-17(25)9-4-14)5-10-20(30)28-22-19(29)12-26-23(22)31/h1-4,6-9,11,19,22,27,29H,5,10,12H2,(H,26,31)(H,28,30)/t19-,22+/m1/s1. The fourth-order valence-corrected chi connectivity index (χ4v) is 3.62. The number of H-pyrrole nitrogens is 1. The van der Waals surface area contributed by atoms with E-state index in [0.717, 1.165) is 28.1 Å². The summed E-state index contributed by atoms with van der Waals surface area (Å²) in [4.78, 5) is 27.3. The Kier molecular flexibility index (Phi) is 5.81. The van der Waals surface area contributed by atoms with E-state index in [4.69, 9.17) is 0 Å².